The van der Waals surface area contributed by atoms with Crippen LogP contribution in [0.25, 0.3) is 10.9 Å². The molecule has 1 heterocycles. The van der Waals surface area contributed by atoms with E-state index in [9.17, 15) is 9.18 Å². The minimum absolute atomic E-state index is 0.0693. The number of rotatable bonds is 1. The average molecular weight is 281 g/mol. The number of amides is 1. The molecule has 0 aliphatic heterocycles. The van der Waals surface area contributed by atoms with Gasteiger partial charge < -0.3 is 5.32 Å². The van der Waals surface area contributed by atoms with E-state index in [4.69, 9.17) is 11.6 Å². The van der Waals surface area contributed by atoms with E-state index in [2.05, 4.69) is 10.3 Å². The fourth-order valence-corrected chi connectivity index (χ4v) is 1.92. The van der Waals surface area contributed by atoms with Crippen LogP contribution in [-0.2, 0) is 0 Å². The molecule has 0 spiro atoms. The van der Waals surface area contributed by atoms with E-state index in [1.807, 2.05) is 20.8 Å². The maximum Gasteiger partial charge on any atom is 0.254 e. The lowest BCUT2D eigenvalue weighted by Gasteiger charge is -2.20. The molecule has 0 fully saturated rings. The van der Waals surface area contributed by atoms with Crippen LogP contribution in [0.4, 0.5) is 4.39 Å². The molecule has 0 saturated carbocycles. The van der Waals surface area contributed by atoms with Crippen molar-refractivity contribution in [2.24, 2.45) is 0 Å². The molecule has 1 aromatic carbocycles. The lowest BCUT2D eigenvalue weighted by molar-refractivity contribution is 0.0919. The molecular weight excluding hydrogens is 267 g/mol. The van der Waals surface area contributed by atoms with Gasteiger partial charge in [0.05, 0.1) is 11.1 Å². The van der Waals surface area contributed by atoms with E-state index in [1.165, 1.54) is 12.1 Å². The first kappa shape index (κ1) is 13.7. The maximum absolute atomic E-state index is 13.1. The number of carbonyl (C=O) groups excluding carboxylic acids is 1. The molecule has 1 amide bonds. The van der Waals surface area contributed by atoms with Crippen LogP contribution in [0.1, 0.15) is 31.1 Å². The molecule has 3 nitrogen and oxygen atoms in total. The Morgan fingerprint density at radius 3 is 2.63 bits per heavy atom. The number of carbonyl (C=O) groups is 1. The number of nitrogens with one attached hydrogen (secondary N) is 1. The summed E-state index contributed by atoms with van der Waals surface area (Å²) in [5.74, 6) is -0.681. The Labute approximate surface area is 115 Å². The Balaban J connectivity index is 2.47. The van der Waals surface area contributed by atoms with Crippen LogP contribution in [-0.4, -0.2) is 16.4 Å². The predicted octanol–water partition coefficient (Wildman–Crippen LogP) is 3.56. The van der Waals surface area contributed by atoms with Crippen LogP contribution in [0.2, 0.25) is 5.15 Å². The summed E-state index contributed by atoms with van der Waals surface area (Å²) in [6, 6.07) is 5.79. The highest BCUT2D eigenvalue weighted by molar-refractivity contribution is 6.33. The molecule has 0 bridgehead atoms. The number of hydrogen-bond acceptors (Lipinski definition) is 2. The van der Waals surface area contributed by atoms with Gasteiger partial charge in [-0.3, -0.25) is 4.79 Å². The van der Waals surface area contributed by atoms with Crippen molar-refractivity contribution >= 4 is 28.4 Å². The summed E-state index contributed by atoms with van der Waals surface area (Å²) in [6.07, 6.45) is 0. The highest BCUT2D eigenvalue weighted by Gasteiger charge is 2.18. The van der Waals surface area contributed by atoms with E-state index < -0.39 is 0 Å². The summed E-state index contributed by atoms with van der Waals surface area (Å²) in [6.45, 7) is 5.63. The number of benzene rings is 1. The lowest BCUT2D eigenvalue weighted by atomic mass is 10.1. The van der Waals surface area contributed by atoms with E-state index in [-0.39, 0.29) is 28.0 Å². The van der Waals surface area contributed by atoms with Crippen molar-refractivity contribution < 1.29 is 9.18 Å². The zero-order chi connectivity index (χ0) is 14.2. The van der Waals surface area contributed by atoms with Gasteiger partial charge in [0.2, 0.25) is 0 Å². The van der Waals surface area contributed by atoms with Crippen molar-refractivity contribution in [3.05, 3.63) is 40.8 Å². The summed E-state index contributed by atoms with van der Waals surface area (Å²) in [7, 11) is 0. The molecule has 19 heavy (non-hydrogen) atoms. The molecular formula is C14H14ClFN2O. The van der Waals surface area contributed by atoms with Gasteiger partial charge in [-0.25, -0.2) is 9.37 Å². The van der Waals surface area contributed by atoms with Gasteiger partial charge in [-0.1, -0.05) is 11.6 Å². The van der Waals surface area contributed by atoms with Gasteiger partial charge in [0.25, 0.3) is 5.91 Å². The van der Waals surface area contributed by atoms with Gasteiger partial charge in [0, 0.05) is 17.0 Å². The van der Waals surface area contributed by atoms with E-state index in [1.54, 1.807) is 12.1 Å². The van der Waals surface area contributed by atoms with Gasteiger partial charge in [-0.15, -0.1) is 0 Å². The topological polar surface area (TPSA) is 42.0 Å². The van der Waals surface area contributed by atoms with Gasteiger partial charge in [-0.2, -0.15) is 0 Å². The van der Waals surface area contributed by atoms with Crippen LogP contribution in [0.15, 0.2) is 24.3 Å². The largest absolute Gasteiger partial charge is 0.347 e. The number of nitrogens with zero attached hydrogens (tertiary/aromatic N) is 1. The number of pyridine rings is 1. The summed E-state index contributed by atoms with van der Waals surface area (Å²) in [4.78, 5) is 16.1. The third-order valence-corrected chi connectivity index (χ3v) is 2.75. The molecule has 2 aromatic rings. The van der Waals surface area contributed by atoms with Crippen molar-refractivity contribution in [2.45, 2.75) is 26.3 Å². The molecule has 0 aliphatic rings. The minimum atomic E-state index is -0.386. The molecule has 1 N–H and O–H groups in total. The Kier molecular flexibility index (Phi) is 3.45. The molecule has 0 saturated heterocycles. The highest BCUT2D eigenvalue weighted by atomic mass is 35.5. The summed E-state index contributed by atoms with van der Waals surface area (Å²) in [5.41, 5.74) is 0.353. The van der Waals surface area contributed by atoms with Crippen LogP contribution < -0.4 is 5.32 Å². The first-order valence-corrected chi connectivity index (χ1v) is 6.22. The molecule has 0 aliphatic carbocycles. The molecule has 100 valence electrons. The molecule has 0 radical (unpaired) electrons. The normalized spacial score (nSPS) is 11.6. The average Bonchev–Trinajstić information content (AvgIpc) is 2.25. The summed E-state index contributed by atoms with van der Waals surface area (Å²) >= 11 is 5.98. The van der Waals surface area contributed by atoms with Crippen molar-refractivity contribution in [1.29, 1.82) is 0 Å². The summed E-state index contributed by atoms with van der Waals surface area (Å²) < 4.78 is 13.1. The second-order valence-electron chi connectivity index (χ2n) is 5.37. The van der Waals surface area contributed by atoms with Crippen molar-refractivity contribution in [2.75, 3.05) is 0 Å². The van der Waals surface area contributed by atoms with Crippen molar-refractivity contribution in [1.82, 2.24) is 10.3 Å². The van der Waals surface area contributed by atoms with Crippen molar-refractivity contribution in [3.8, 4) is 0 Å². The molecule has 1 aromatic heterocycles. The van der Waals surface area contributed by atoms with Crippen molar-refractivity contribution in [3.63, 3.8) is 0 Å². The zero-order valence-electron chi connectivity index (χ0n) is 10.9. The van der Waals surface area contributed by atoms with Crippen LogP contribution in [0.5, 0.6) is 0 Å². The van der Waals surface area contributed by atoms with Crippen LogP contribution in [0.3, 0.4) is 0 Å². The molecule has 2 rings (SSSR count). The second-order valence-corrected chi connectivity index (χ2v) is 5.73. The lowest BCUT2D eigenvalue weighted by Crippen LogP contribution is -2.40. The number of halogens is 2. The standard InChI is InChI=1S/C14H14ClFN2O/c1-14(2,3)18-13(19)10-6-8-4-5-9(16)7-11(8)17-12(10)15/h4-7H,1-3H3,(H,18,19). The van der Waals surface area contributed by atoms with Gasteiger partial charge in [0.1, 0.15) is 11.0 Å². The van der Waals surface area contributed by atoms with Gasteiger partial charge >= 0.3 is 0 Å². The van der Waals surface area contributed by atoms with E-state index in [0.717, 1.165) is 0 Å². The monoisotopic (exact) mass is 280 g/mol. The van der Waals surface area contributed by atoms with Gasteiger partial charge in [0.15, 0.2) is 0 Å². The fraction of sp³-hybridized carbons (Fsp3) is 0.286. The molecule has 5 heteroatoms. The Bertz CT molecular complexity index is 650. The third-order valence-electron chi connectivity index (χ3n) is 2.47. The summed E-state index contributed by atoms with van der Waals surface area (Å²) in [5, 5.41) is 3.56. The Morgan fingerprint density at radius 1 is 1.32 bits per heavy atom. The van der Waals surface area contributed by atoms with E-state index in [0.29, 0.717) is 10.9 Å². The number of aromatic nitrogens is 1. The predicted molar refractivity (Wildman–Crippen MR) is 73.9 cm³/mol. The quantitative estimate of drug-likeness (QED) is 0.812. The Hall–Kier alpha value is -1.68. The van der Waals surface area contributed by atoms with Crippen LogP contribution >= 0.6 is 11.6 Å². The van der Waals surface area contributed by atoms with Gasteiger partial charge in [-0.05, 0) is 39.0 Å². The SMILES string of the molecule is CC(C)(C)NC(=O)c1cc2ccc(F)cc2nc1Cl. The second kappa shape index (κ2) is 4.78. The number of hydrogen-bond donors (Lipinski definition) is 1. The third kappa shape index (κ3) is 3.20. The zero-order valence-corrected chi connectivity index (χ0v) is 11.7. The molecule has 0 unspecified atom stereocenters. The smallest absolute Gasteiger partial charge is 0.254 e. The number of fused-ring (bicyclic) bond motifs is 1. The first-order valence-electron chi connectivity index (χ1n) is 5.84. The van der Waals surface area contributed by atoms with E-state index >= 15 is 0 Å². The fourth-order valence-electron chi connectivity index (χ4n) is 1.68. The highest BCUT2D eigenvalue weighted by Crippen LogP contribution is 2.21. The van der Waals surface area contributed by atoms with Crippen LogP contribution in [0, 0.1) is 5.82 Å². The maximum atomic E-state index is 13.1. The first-order chi connectivity index (χ1) is 8.76. The Morgan fingerprint density at radius 2 is 2.00 bits per heavy atom. The molecule has 0 atom stereocenters. The minimum Gasteiger partial charge on any atom is -0.347 e.